The first-order valence-corrected chi connectivity index (χ1v) is 3.71. The largest absolute Gasteiger partial charge is 0.358 e. The Labute approximate surface area is 74.7 Å². The highest BCUT2D eigenvalue weighted by atomic mass is 16.2. The Bertz CT molecular complexity index is 293. The fourth-order valence-electron chi connectivity index (χ4n) is 0.726. The standard InChI is InChI=1S/C7H10N4O2/c1-8-6(12)4-9-7(13)5-2-10-11-3-5/h2-3H,4H2,1H3,(H,8,12)(H,9,13)(H,10,11). The van der Waals surface area contributed by atoms with Crippen LogP contribution < -0.4 is 10.6 Å². The highest BCUT2D eigenvalue weighted by Gasteiger charge is 2.06. The van der Waals surface area contributed by atoms with Crippen LogP contribution in [0.1, 0.15) is 10.4 Å². The zero-order chi connectivity index (χ0) is 9.68. The monoisotopic (exact) mass is 182 g/mol. The molecule has 0 aliphatic carbocycles. The molecule has 1 aromatic heterocycles. The van der Waals surface area contributed by atoms with E-state index in [2.05, 4.69) is 20.8 Å². The van der Waals surface area contributed by atoms with Crippen LogP contribution in [0.5, 0.6) is 0 Å². The van der Waals surface area contributed by atoms with Crippen LogP contribution >= 0.6 is 0 Å². The number of rotatable bonds is 3. The maximum Gasteiger partial charge on any atom is 0.254 e. The van der Waals surface area contributed by atoms with Gasteiger partial charge in [0.2, 0.25) is 5.91 Å². The maximum atomic E-state index is 11.2. The second-order valence-corrected chi connectivity index (χ2v) is 2.34. The first-order chi connectivity index (χ1) is 6.24. The molecule has 3 N–H and O–H groups in total. The molecule has 13 heavy (non-hydrogen) atoms. The summed E-state index contributed by atoms with van der Waals surface area (Å²) < 4.78 is 0. The van der Waals surface area contributed by atoms with Gasteiger partial charge in [0, 0.05) is 13.2 Å². The molecular formula is C7H10N4O2. The normalized spacial score (nSPS) is 9.31. The number of aromatic nitrogens is 2. The molecule has 0 bridgehead atoms. The van der Waals surface area contributed by atoms with E-state index in [1.165, 1.54) is 19.4 Å². The summed E-state index contributed by atoms with van der Waals surface area (Å²) in [6, 6.07) is 0. The highest BCUT2D eigenvalue weighted by Crippen LogP contribution is 1.91. The third kappa shape index (κ3) is 2.58. The minimum absolute atomic E-state index is 0.0273. The van der Waals surface area contributed by atoms with Crippen molar-refractivity contribution in [3.8, 4) is 0 Å². The number of aromatic amines is 1. The first-order valence-electron chi connectivity index (χ1n) is 3.71. The fourth-order valence-corrected chi connectivity index (χ4v) is 0.726. The molecule has 0 fully saturated rings. The van der Waals surface area contributed by atoms with Crippen molar-refractivity contribution in [1.29, 1.82) is 0 Å². The second kappa shape index (κ2) is 4.24. The molecule has 0 saturated carbocycles. The van der Waals surface area contributed by atoms with Gasteiger partial charge in [0.05, 0.1) is 18.3 Å². The first kappa shape index (κ1) is 9.24. The number of likely N-dealkylation sites (N-methyl/N-ethyl adjacent to an activating group) is 1. The molecule has 1 heterocycles. The summed E-state index contributed by atoms with van der Waals surface area (Å²) in [5.41, 5.74) is 0.406. The summed E-state index contributed by atoms with van der Waals surface area (Å²) in [6.07, 6.45) is 2.85. The number of H-pyrrole nitrogens is 1. The molecule has 1 rings (SSSR count). The van der Waals surface area contributed by atoms with Crippen molar-refractivity contribution in [2.75, 3.05) is 13.6 Å². The third-order valence-electron chi connectivity index (χ3n) is 1.45. The number of carbonyl (C=O) groups excluding carboxylic acids is 2. The van der Waals surface area contributed by atoms with Crippen LogP contribution in [0.2, 0.25) is 0 Å². The SMILES string of the molecule is CNC(=O)CNC(=O)c1cn[nH]c1. The van der Waals surface area contributed by atoms with Crippen LogP contribution in [-0.2, 0) is 4.79 Å². The van der Waals surface area contributed by atoms with Crippen LogP contribution in [0.4, 0.5) is 0 Å². The topological polar surface area (TPSA) is 86.9 Å². The molecule has 0 saturated heterocycles. The molecule has 0 spiro atoms. The molecule has 0 unspecified atom stereocenters. The van der Waals surface area contributed by atoms with Crippen LogP contribution in [0.3, 0.4) is 0 Å². The molecule has 70 valence electrons. The molecule has 0 aromatic carbocycles. The Hall–Kier alpha value is -1.85. The predicted molar refractivity (Wildman–Crippen MR) is 45.0 cm³/mol. The van der Waals surface area contributed by atoms with E-state index in [4.69, 9.17) is 0 Å². The number of nitrogens with one attached hydrogen (secondary N) is 3. The van der Waals surface area contributed by atoms with Crippen molar-refractivity contribution in [3.63, 3.8) is 0 Å². The van der Waals surface area contributed by atoms with Crippen molar-refractivity contribution in [2.45, 2.75) is 0 Å². The van der Waals surface area contributed by atoms with E-state index in [0.717, 1.165) is 0 Å². The maximum absolute atomic E-state index is 11.2. The van der Waals surface area contributed by atoms with E-state index >= 15 is 0 Å². The number of hydrogen-bond donors (Lipinski definition) is 3. The lowest BCUT2D eigenvalue weighted by atomic mass is 10.3. The number of carbonyl (C=O) groups is 2. The molecule has 1 aromatic rings. The molecule has 0 atom stereocenters. The zero-order valence-electron chi connectivity index (χ0n) is 7.13. The van der Waals surface area contributed by atoms with E-state index < -0.39 is 0 Å². The second-order valence-electron chi connectivity index (χ2n) is 2.34. The lowest BCUT2D eigenvalue weighted by molar-refractivity contribution is -0.119. The molecule has 6 nitrogen and oxygen atoms in total. The molecular weight excluding hydrogens is 172 g/mol. The number of hydrogen-bond acceptors (Lipinski definition) is 3. The van der Waals surface area contributed by atoms with Gasteiger partial charge in [0.25, 0.3) is 5.91 Å². The molecule has 0 radical (unpaired) electrons. The Morgan fingerprint density at radius 3 is 2.92 bits per heavy atom. The minimum atomic E-state index is -0.322. The quantitative estimate of drug-likeness (QED) is 0.553. The smallest absolute Gasteiger partial charge is 0.254 e. The van der Waals surface area contributed by atoms with E-state index in [9.17, 15) is 9.59 Å². The van der Waals surface area contributed by atoms with Crippen molar-refractivity contribution < 1.29 is 9.59 Å². The summed E-state index contributed by atoms with van der Waals surface area (Å²) in [4.78, 5) is 21.9. The van der Waals surface area contributed by atoms with Gasteiger partial charge in [-0.1, -0.05) is 0 Å². The zero-order valence-corrected chi connectivity index (χ0v) is 7.13. The van der Waals surface area contributed by atoms with Crippen molar-refractivity contribution >= 4 is 11.8 Å². The summed E-state index contributed by atoms with van der Waals surface area (Å²) >= 11 is 0. The van der Waals surface area contributed by atoms with E-state index in [-0.39, 0.29) is 18.4 Å². The van der Waals surface area contributed by atoms with Gasteiger partial charge in [0.15, 0.2) is 0 Å². The third-order valence-corrected chi connectivity index (χ3v) is 1.45. The van der Waals surface area contributed by atoms with Gasteiger partial charge in [0.1, 0.15) is 0 Å². The van der Waals surface area contributed by atoms with Gasteiger partial charge < -0.3 is 10.6 Å². The van der Waals surface area contributed by atoms with Gasteiger partial charge in [-0.25, -0.2) is 0 Å². The van der Waals surface area contributed by atoms with Gasteiger partial charge in [-0.3, -0.25) is 14.7 Å². The Balaban J connectivity index is 2.39. The van der Waals surface area contributed by atoms with E-state index in [0.29, 0.717) is 5.56 Å². The summed E-state index contributed by atoms with van der Waals surface area (Å²) in [6.45, 7) is -0.0273. The van der Waals surface area contributed by atoms with E-state index in [1.807, 2.05) is 0 Å². The summed E-state index contributed by atoms with van der Waals surface area (Å²) in [5.74, 6) is -0.561. The van der Waals surface area contributed by atoms with Gasteiger partial charge in [-0.2, -0.15) is 5.10 Å². The predicted octanol–water partition coefficient (Wildman–Crippen LogP) is -1.11. The number of amides is 2. The van der Waals surface area contributed by atoms with Crippen molar-refractivity contribution in [2.24, 2.45) is 0 Å². The Morgan fingerprint density at radius 2 is 2.38 bits per heavy atom. The van der Waals surface area contributed by atoms with Crippen molar-refractivity contribution in [3.05, 3.63) is 18.0 Å². The molecule has 0 aliphatic rings. The minimum Gasteiger partial charge on any atom is -0.358 e. The van der Waals surface area contributed by atoms with Gasteiger partial charge >= 0.3 is 0 Å². The van der Waals surface area contributed by atoms with Gasteiger partial charge in [-0.15, -0.1) is 0 Å². The molecule has 6 heteroatoms. The molecule has 0 aliphatic heterocycles. The average Bonchev–Trinajstić information content (AvgIpc) is 2.66. The van der Waals surface area contributed by atoms with Crippen LogP contribution in [-0.4, -0.2) is 35.6 Å². The molecule has 2 amide bonds. The fraction of sp³-hybridized carbons (Fsp3) is 0.286. The lowest BCUT2D eigenvalue weighted by Crippen LogP contribution is -2.34. The summed E-state index contributed by atoms with van der Waals surface area (Å²) in [7, 11) is 1.51. The average molecular weight is 182 g/mol. The van der Waals surface area contributed by atoms with Crippen molar-refractivity contribution in [1.82, 2.24) is 20.8 Å². The van der Waals surface area contributed by atoms with Crippen LogP contribution in [0.15, 0.2) is 12.4 Å². The Morgan fingerprint density at radius 1 is 1.62 bits per heavy atom. The number of nitrogens with zero attached hydrogens (tertiary/aromatic N) is 1. The summed E-state index contributed by atoms with van der Waals surface area (Å²) in [5, 5.41) is 10.9. The Kier molecular flexibility index (Phi) is 3.02. The van der Waals surface area contributed by atoms with Crippen LogP contribution in [0, 0.1) is 0 Å². The van der Waals surface area contributed by atoms with Crippen LogP contribution in [0.25, 0.3) is 0 Å². The van der Waals surface area contributed by atoms with Gasteiger partial charge in [-0.05, 0) is 0 Å². The van der Waals surface area contributed by atoms with E-state index in [1.54, 1.807) is 0 Å². The lowest BCUT2D eigenvalue weighted by Gasteiger charge is -2.00. The highest BCUT2D eigenvalue weighted by molar-refractivity contribution is 5.95.